The molecule has 0 aliphatic carbocycles. The first-order valence-corrected chi connectivity index (χ1v) is 12.9. The minimum atomic E-state index is -0.246. The highest BCUT2D eigenvalue weighted by Gasteiger charge is 2.26. The van der Waals surface area contributed by atoms with Crippen molar-refractivity contribution in [2.45, 2.75) is 33.3 Å². The molecule has 1 saturated heterocycles. The number of benzene rings is 2. The molecule has 7 nitrogen and oxygen atoms in total. The highest BCUT2D eigenvalue weighted by atomic mass is 19.1. The molecule has 6 rings (SSSR count). The molecule has 8 heteroatoms. The number of anilines is 1. The zero-order valence-electron chi connectivity index (χ0n) is 21.2. The van der Waals surface area contributed by atoms with Crippen molar-refractivity contribution in [2.24, 2.45) is 0 Å². The topological polar surface area (TPSA) is 63.5 Å². The van der Waals surface area contributed by atoms with Crippen LogP contribution in [0.25, 0.3) is 16.6 Å². The molecule has 190 valence electrons. The first-order valence-electron chi connectivity index (χ1n) is 12.9. The third-order valence-electron chi connectivity index (χ3n) is 7.44. The van der Waals surface area contributed by atoms with Crippen molar-refractivity contribution in [3.63, 3.8) is 0 Å². The number of piperazine rings is 1. The molecule has 0 bridgehead atoms. The fraction of sp³-hybridized carbons (Fsp3) is 0.345. The van der Waals surface area contributed by atoms with E-state index in [1.807, 2.05) is 42.7 Å². The standard InChI is InChI=1S/C29H30FN5O2/c1-3-27(36)28-26-17-37-29-20(5-4-6-24(29)35(26)18-31-28)9-10-33-11-13-34(14-12-33)25-16-21(30)15-23-22(25)8-7-19(2)32-23/h4-8,15-16,18H,3,9-14,17H2,1-2H3. The van der Waals surface area contributed by atoms with Crippen LogP contribution in [0.1, 0.15) is 40.8 Å². The number of nitrogens with zero attached hydrogens (tertiary/aromatic N) is 5. The number of pyridine rings is 1. The zero-order chi connectivity index (χ0) is 25.5. The number of ether oxygens (including phenoxy) is 1. The van der Waals surface area contributed by atoms with Crippen LogP contribution in [0.15, 0.2) is 48.8 Å². The largest absolute Gasteiger partial charge is 0.485 e. The maximum atomic E-state index is 14.3. The second kappa shape index (κ2) is 9.59. The number of imidazole rings is 1. The maximum Gasteiger partial charge on any atom is 0.182 e. The number of hydrogen-bond acceptors (Lipinski definition) is 6. The first kappa shape index (κ1) is 23.6. The molecule has 4 heterocycles. The SMILES string of the molecule is CCC(=O)c1ncn2c1COc1c(CCN3CCN(c4cc(F)cc5nc(C)ccc45)CC3)cccc1-2. The molecule has 0 atom stereocenters. The first-order chi connectivity index (χ1) is 18.0. The van der Waals surface area contributed by atoms with Crippen molar-refractivity contribution in [3.8, 4) is 11.4 Å². The third kappa shape index (κ3) is 4.35. The maximum absolute atomic E-state index is 14.3. The van der Waals surface area contributed by atoms with Crippen molar-refractivity contribution in [1.82, 2.24) is 19.4 Å². The molecule has 0 spiro atoms. The van der Waals surface area contributed by atoms with Crippen molar-refractivity contribution in [3.05, 3.63) is 77.3 Å². The summed E-state index contributed by atoms with van der Waals surface area (Å²) in [6, 6.07) is 13.3. The van der Waals surface area contributed by atoms with Gasteiger partial charge in [-0.05, 0) is 43.2 Å². The van der Waals surface area contributed by atoms with Gasteiger partial charge in [-0.25, -0.2) is 9.37 Å². The van der Waals surface area contributed by atoms with E-state index in [0.717, 1.165) is 78.6 Å². The quantitative estimate of drug-likeness (QED) is 0.358. The van der Waals surface area contributed by atoms with E-state index in [1.165, 1.54) is 6.07 Å². The van der Waals surface area contributed by atoms with Gasteiger partial charge in [-0.1, -0.05) is 19.1 Å². The molecule has 4 aromatic rings. The lowest BCUT2D eigenvalue weighted by molar-refractivity contribution is 0.0980. The Morgan fingerprint density at radius 1 is 1.08 bits per heavy atom. The number of hydrogen-bond donors (Lipinski definition) is 0. The Bertz CT molecular complexity index is 1480. The number of aromatic nitrogens is 3. The van der Waals surface area contributed by atoms with Crippen LogP contribution in [0.4, 0.5) is 10.1 Å². The summed E-state index contributed by atoms with van der Waals surface area (Å²) < 4.78 is 22.5. The van der Waals surface area contributed by atoms with E-state index in [-0.39, 0.29) is 11.6 Å². The zero-order valence-corrected chi connectivity index (χ0v) is 21.2. The predicted molar refractivity (Wildman–Crippen MR) is 141 cm³/mol. The number of Topliss-reactive ketones (excluding diaryl/α,β-unsaturated/α-hetero) is 1. The molecule has 2 aliphatic rings. The number of para-hydroxylation sites is 1. The Balaban J connectivity index is 1.14. The van der Waals surface area contributed by atoms with Crippen molar-refractivity contribution in [1.29, 1.82) is 0 Å². The smallest absolute Gasteiger partial charge is 0.182 e. The van der Waals surface area contributed by atoms with Gasteiger partial charge >= 0.3 is 0 Å². The van der Waals surface area contributed by atoms with E-state index in [1.54, 1.807) is 12.4 Å². The fourth-order valence-electron chi connectivity index (χ4n) is 5.42. The predicted octanol–water partition coefficient (Wildman–Crippen LogP) is 4.72. The van der Waals surface area contributed by atoms with Gasteiger partial charge in [0, 0.05) is 62.0 Å². The Labute approximate surface area is 215 Å². The number of carbonyl (C=O) groups is 1. The molecule has 37 heavy (non-hydrogen) atoms. The minimum Gasteiger partial charge on any atom is -0.485 e. The molecule has 0 N–H and O–H groups in total. The Morgan fingerprint density at radius 2 is 1.92 bits per heavy atom. The van der Waals surface area contributed by atoms with Crippen molar-refractivity contribution < 1.29 is 13.9 Å². The number of rotatable bonds is 6. The van der Waals surface area contributed by atoms with Crippen LogP contribution < -0.4 is 9.64 Å². The van der Waals surface area contributed by atoms with Crippen molar-refractivity contribution in [2.75, 3.05) is 37.6 Å². The molecule has 1 fully saturated rings. The molecule has 0 saturated carbocycles. The van der Waals surface area contributed by atoms with Gasteiger partial charge in [0.2, 0.25) is 0 Å². The van der Waals surface area contributed by atoms with Gasteiger partial charge in [0.1, 0.15) is 30.2 Å². The lowest BCUT2D eigenvalue weighted by atomic mass is 10.1. The summed E-state index contributed by atoms with van der Waals surface area (Å²) in [6.45, 7) is 8.51. The summed E-state index contributed by atoms with van der Waals surface area (Å²) in [5, 5.41) is 0.996. The Morgan fingerprint density at radius 3 is 2.73 bits per heavy atom. The highest BCUT2D eigenvalue weighted by Crippen LogP contribution is 2.35. The summed E-state index contributed by atoms with van der Waals surface area (Å²) in [6.07, 6.45) is 3.02. The molecular formula is C29H30FN5O2. The van der Waals surface area contributed by atoms with Crippen LogP contribution in [0, 0.1) is 12.7 Å². The minimum absolute atomic E-state index is 0.0358. The van der Waals surface area contributed by atoms with Gasteiger partial charge in [-0.3, -0.25) is 19.2 Å². The average Bonchev–Trinajstić information content (AvgIpc) is 3.36. The molecule has 0 unspecified atom stereocenters. The summed E-state index contributed by atoms with van der Waals surface area (Å²) in [5.74, 6) is 0.661. The summed E-state index contributed by atoms with van der Waals surface area (Å²) in [7, 11) is 0. The van der Waals surface area contributed by atoms with Gasteiger partial charge < -0.3 is 9.64 Å². The number of halogens is 1. The van der Waals surface area contributed by atoms with Crippen LogP contribution in [-0.2, 0) is 13.0 Å². The summed E-state index contributed by atoms with van der Waals surface area (Å²) in [5.41, 5.74) is 5.94. The number of aryl methyl sites for hydroxylation is 1. The average molecular weight is 500 g/mol. The van der Waals surface area contributed by atoms with Crippen LogP contribution in [0.3, 0.4) is 0 Å². The second-order valence-corrected chi connectivity index (χ2v) is 9.76. The summed E-state index contributed by atoms with van der Waals surface area (Å²) in [4.78, 5) is 25.9. The van der Waals surface area contributed by atoms with E-state index in [4.69, 9.17) is 4.74 Å². The molecule has 2 aromatic carbocycles. The van der Waals surface area contributed by atoms with Gasteiger partial charge in [0.05, 0.1) is 16.9 Å². The van der Waals surface area contributed by atoms with Crippen LogP contribution >= 0.6 is 0 Å². The molecule has 2 aromatic heterocycles. The van der Waals surface area contributed by atoms with E-state index in [0.29, 0.717) is 24.2 Å². The van der Waals surface area contributed by atoms with Crippen LogP contribution in [0.2, 0.25) is 0 Å². The third-order valence-corrected chi connectivity index (χ3v) is 7.44. The van der Waals surface area contributed by atoms with Crippen LogP contribution in [0.5, 0.6) is 5.75 Å². The van der Waals surface area contributed by atoms with E-state index in [2.05, 4.69) is 25.8 Å². The van der Waals surface area contributed by atoms with Crippen LogP contribution in [-0.4, -0.2) is 57.9 Å². The molecule has 0 radical (unpaired) electrons. The van der Waals surface area contributed by atoms with Gasteiger partial charge in [0.15, 0.2) is 5.78 Å². The monoisotopic (exact) mass is 499 g/mol. The van der Waals surface area contributed by atoms with E-state index < -0.39 is 0 Å². The van der Waals surface area contributed by atoms with Crippen molar-refractivity contribution >= 4 is 22.4 Å². The molecular weight excluding hydrogens is 469 g/mol. The number of ketones is 1. The molecule has 0 amide bonds. The van der Waals surface area contributed by atoms with E-state index in [9.17, 15) is 9.18 Å². The highest BCUT2D eigenvalue weighted by molar-refractivity contribution is 5.95. The Hall–Kier alpha value is -3.78. The number of carbonyl (C=O) groups excluding carboxylic acids is 1. The lowest BCUT2D eigenvalue weighted by Crippen LogP contribution is -2.47. The second-order valence-electron chi connectivity index (χ2n) is 9.76. The lowest BCUT2D eigenvalue weighted by Gasteiger charge is -2.36. The fourth-order valence-corrected chi connectivity index (χ4v) is 5.42. The van der Waals surface area contributed by atoms with Gasteiger partial charge in [-0.2, -0.15) is 0 Å². The normalized spacial score (nSPS) is 15.4. The Kier molecular flexibility index (Phi) is 6.12. The van der Waals surface area contributed by atoms with E-state index >= 15 is 0 Å². The van der Waals surface area contributed by atoms with Gasteiger partial charge in [0.25, 0.3) is 0 Å². The van der Waals surface area contributed by atoms with Gasteiger partial charge in [-0.15, -0.1) is 0 Å². The molecule has 2 aliphatic heterocycles. The summed E-state index contributed by atoms with van der Waals surface area (Å²) >= 11 is 0. The number of fused-ring (bicyclic) bond motifs is 4.